The highest BCUT2D eigenvalue weighted by atomic mass is 32.2. The van der Waals surface area contributed by atoms with Crippen LogP contribution in [0.5, 0.6) is 5.75 Å². The second kappa shape index (κ2) is 8.93. The fourth-order valence-electron chi connectivity index (χ4n) is 2.70. The molecule has 0 radical (unpaired) electrons. The Morgan fingerprint density at radius 1 is 1.07 bits per heavy atom. The summed E-state index contributed by atoms with van der Waals surface area (Å²) in [5, 5.41) is 2.82. The number of furan rings is 1. The minimum atomic E-state index is -3.79. The molecule has 3 aromatic rings. The Hall–Kier alpha value is -3.10. The maximum Gasteiger partial charge on any atom is 0.251 e. The van der Waals surface area contributed by atoms with Gasteiger partial charge in [0.15, 0.2) is 0 Å². The van der Waals surface area contributed by atoms with Crippen LogP contribution in [0.25, 0.3) is 0 Å². The van der Waals surface area contributed by atoms with Crippen molar-refractivity contribution in [3.05, 3.63) is 83.3 Å². The first-order valence-corrected chi connectivity index (χ1v) is 10.4. The Morgan fingerprint density at radius 2 is 1.83 bits per heavy atom. The lowest BCUT2D eigenvalue weighted by atomic mass is 10.1. The Morgan fingerprint density at radius 3 is 2.48 bits per heavy atom. The smallest absolute Gasteiger partial charge is 0.251 e. The van der Waals surface area contributed by atoms with Gasteiger partial charge >= 0.3 is 0 Å². The minimum Gasteiger partial charge on any atom is -0.497 e. The van der Waals surface area contributed by atoms with Gasteiger partial charge in [-0.3, -0.25) is 4.79 Å². The molecule has 8 heteroatoms. The molecule has 2 N–H and O–H groups in total. The topological polar surface area (TPSA) is 97.6 Å². The quantitative estimate of drug-likeness (QED) is 0.591. The van der Waals surface area contributed by atoms with Crippen molar-refractivity contribution >= 4 is 15.9 Å². The monoisotopic (exact) mass is 414 g/mol. The second-order valence-electron chi connectivity index (χ2n) is 6.41. The van der Waals surface area contributed by atoms with Gasteiger partial charge in [0.25, 0.3) is 5.91 Å². The van der Waals surface area contributed by atoms with Crippen LogP contribution in [0, 0.1) is 6.92 Å². The van der Waals surface area contributed by atoms with Crippen LogP contribution in [0.2, 0.25) is 0 Å². The van der Waals surface area contributed by atoms with Gasteiger partial charge in [0.05, 0.1) is 24.8 Å². The van der Waals surface area contributed by atoms with E-state index in [0.29, 0.717) is 23.4 Å². The van der Waals surface area contributed by atoms with Crippen LogP contribution >= 0.6 is 0 Å². The standard InChI is InChI=1S/C21H22N2O5S/c1-15-5-10-19(29(25,26)23-14-18-4-3-11-28-18)12-20(15)21(24)22-13-16-6-8-17(27-2)9-7-16/h3-12,23H,13-14H2,1-2H3,(H,22,24). The van der Waals surface area contributed by atoms with E-state index in [9.17, 15) is 13.2 Å². The molecule has 7 nitrogen and oxygen atoms in total. The number of rotatable bonds is 8. The third-order valence-electron chi connectivity index (χ3n) is 4.39. The molecule has 2 aromatic carbocycles. The Bertz CT molecular complexity index is 1070. The number of aryl methyl sites for hydroxylation is 1. The van der Waals surface area contributed by atoms with E-state index in [1.165, 1.54) is 18.4 Å². The van der Waals surface area contributed by atoms with Gasteiger partial charge in [-0.05, 0) is 54.4 Å². The van der Waals surface area contributed by atoms with Crippen molar-refractivity contribution in [3.63, 3.8) is 0 Å². The molecule has 1 aromatic heterocycles. The van der Waals surface area contributed by atoms with Gasteiger partial charge in [0.1, 0.15) is 11.5 Å². The highest BCUT2D eigenvalue weighted by molar-refractivity contribution is 7.89. The molecule has 0 saturated carbocycles. The lowest BCUT2D eigenvalue weighted by Gasteiger charge is -2.11. The predicted molar refractivity (Wildman–Crippen MR) is 108 cm³/mol. The van der Waals surface area contributed by atoms with E-state index in [-0.39, 0.29) is 17.3 Å². The van der Waals surface area contributed by atoms with Crippen molar-refractivity contribution in [1.29, 1.82) is 0 Å². The van der Waals surface area contributed by atoms with Gasteiger partial charge in [-0.2, -0.15) is 0 Å². The third-order valence-corrected chi connectivity index (χ3v) is 5.79. The molecule has 0 fully saturated rings. The molecular weight excluding hydrogens is 392 g/mol. The minimum absolute atomic E-state index is 0.0178. The molecule has 152 valence electrons. The van der Waals surface area contributed by atoms with E-state index in [0.717, 1.165) is 11.3 Å². The van der Waals surface area contributed by atoms with Crippen molar-refractivity contribution in [2.24, 2.45) is 0 Å². The van der Waals surface area contributed by atoms with Crippen molar-refractivity contribution in [2.45, 2.75) is 24.9 Å². The number of methoxy groups -OCH3 is 1. The van der Waals surface area contributed by atoms with E-state index >= 15 is 0 Å². The van der Waals surface area contributed by atoms with Crippen LogP contribution in [0.4, 0.5) is 0 Å². The second-order valence-corrected chi connectivity index (χ2v) is 8.18. The van der Waals surface area contributed by atoms with E-state index < -0.39 is 10.0 Å². The first kappa shape index (κ1) is 20.6. The summed E-state index contributed by atoms with van der Waals surface area (Å²) >= 11 is 0. The van der Waals surface area contributed by atoms with Gasteiger partial charge in [0, 0.05) is 12.1 Å². The molecule has 0 unspecified atom stereocenters. The van der Waals surface area contributed by atoms with E-state index in [2.05, 4.69) is 10.0 Å². The van der Waals surface area contributed by atoms with Crippen LogP contribution in [0.3, 0.4) is 0 Å². The zero-order valence-corrected chi connectivity index (χ0v) is 17.0. The summed E-state index contributed by atoms with van der Waals surface area (Å²) in [4.78, 5) is 12.6. The largest absolute Gasteiger partial charge is 0.497 e. The Balaban J connectivity index is 1.70. The van der Waals surface area contributed by atoms with Crippen molar-refractivity contribution in [1.82, 2.24) is 10.0 Å². The average molecular weight is 414 g/mol. The molecule has 0 bridgehead atoms. The first-order chi connectivity index (χ1) is 13.9. The summed E-state index contributed by atoms with van der Waals surface area (Å²) in [6.07, 6.45) is 1.47. The molecule has 0 saturated heterocycles. The van der Waals surface area contributed by atoms with Crippen molar-refractivity contribution in [3.8, 4) is 5.75 Å². The summed E-state index contributed by atoms with van der Waals surface area (Å²) in [5.41, 5.74) is 1.89. The number of amides is 1. The molecule has 0 aliphatic rings. The molecule has 0 aliphatic heterocycles. The first-order valence-electron chi connectivity index (χ1n) is 8.93. The predicted octanol–water partition coefficient (Wildman–Crippen LogP) is 3.01. The molecule has 29 heavy (non-hydrogen) atoms. The Labute approximate surface area is 169 Å². The normalized spacial score (nSPS) is 11.2. The SMILES string of the molecule is COc1ccc(CNC(=O)c2cc(S(=O)(=O)NCc3ccco3)ccc2C)cc1. The van der Waals surface area contributed by atoms with Crippen LogP contribution in [0.15, 0.2) is 70.2 Å². The van der Waals surface area contributed by atoms with Gasteiger partial charge < -0.3 is 14.5 Å². The highest BCUT2D eigenvalue weighted by Gasteiger charge is 2.18. The number of ether oxygens (including phenoxy) is 1. The average Bonchev–Trinajstić information content (AvgIpc) is 3.25. The van der Waals surface area contributed by atoms with E-state index in [4.69, 9.17) is 9.15 Å². The van der Waals surface area contributed by atoms with E-state index in [1.54, 1.807) is 32.2 Å². The van der Waals surface area contributed by atoms with Crippen LogP contribution in [-0.2, 0) is 23.1 Å². The molecule has 1 heterocycles. The van der Waals surface area contributed by atoms with Gasteiger partial charge in [-0.15, -0.1) is 0 Å². The zero-order valence-electron chi connectivity index (χ0n) is 16.1. The molecule has 0 aliphatic carbocycles. The number of carbonyl (C=O) groups is 1. The maximum atomic E-state index is 12.6. The van der Waals surface area contributed by atoms with Crippen LogP contribution < -0.4 is 14.8 Å². The molecule has 3 rings (SSSR count). The maximum absolute atomic E-state index is 12.6. The fourth-order valence-corrected chi connectivity index (χ4v) is 3.72. The summed E-state index contributed by atoms with van der Waals surface area (Å²) in [7, 11) is -2.20. The third kappa shape index (κ3) is 5.24. The summed E-state index contributed by atoms with van der Waals surface area (Å²) in [6, 6.07) is 15.1. The molecule has 0 atom stereocenters. The van der Waals surface area contributed by atoms with Gasteiger partial charge in [-0.25, -0.2) is 13.1 Å². The van der Waals surface area contributed by atoms with Crippen molar-refractivity contribution in [2.75, 3.05) is 7.11 Å². The van der Waals surface area contributed by atoms with Gasteiger partial charge in [-0.1, -0.05) is 18.2 Å². The molecule has 0 spiro atoms. The van der Waals surface area contributed by atoms with Gasteiger partial charge in [0.2, 0.25) is 10.0 Å². The van der Waals surface area contributed by atoms with Crippen molar-refractivity contribution < 1.29 is 22.4 Å². The molecule has 1 amide bonds. The zero-order chi connectivity index (χ0) is 20.9. The number of carbonyl (C=O) groups excluding carboxylic acids is 1. The highest BCUT2D eigenvalue weighted by Crippen LogP contribution is 2.17. The summed E-state index contributed by atoms with van der Waals surface area (Å²) in [6.45, 7) is 2.10. The van der Waals surface area contributed by atoms with Crippen LogP contribution in [0.1, 0.15) is 27.2 Å². The number of hydrogen-bond acceptors (Lipinski definition) is 5. The summed E-state index contributed by atoms with van der Waals surface area (Å²) < 4.78 is 37.8. The summed E-state index contributed by atoms with van der Waals surface area (Å²) in [5.74, 6) is 0.885. The number of sulfonamides is 1. The lowest BCUT2D eigenvalue weighted by molar-refractivity contribution is 0.0950. The Kier molecular flexibility index (Phi) is 6.36. The fraction of sp³-hybridized carbons (Fsp3) is 0.190. The van der Waals surface area contributed by atoms with Crippen LogP contribution in [-0.4, -0.2) is 21.4 Å². The number of benzene rings is 2. The molecular formula is C21H22N2O5S. The lowest BCUT2D eigenvalue weighted by Crippen LogP contribution is -2.26. The number of hydrogen-bond donors (Lipinski definition) is 2. The number of nitrogens with one attached hydrogen (secondary N) is 2. The van der Waals surface area contributed by atoms with E-state index in [1.807, 2.05) is 24.3 Å².